The summed E-state index contributed by atoms with van der Waals surface area (Å²) in [7, 11) is 0. The number of carbonyl (C=O) groups excluding carboxylic acids is 2. The second kappa shape index (κ2) is 8.52. The Hall–Kier alpha value is -2.05. The maximum Gasteiger partial charge on any atom is 0.416 e. The van der Waals surface area contributed by atoms with Crippen molar-refractivity contribution in [2.45, 2.75) is 84.4 Å². The number of nitrogens with zero attached hydrogens (tertiary/aromatic N) is 1. The highest BCUT2D eigenvalue weighted by Crippen LogP contribution is 2.66. The van der Waals surface area contributed by atoms with Gasteiger partial charge in [-0.05, 0) is 105 Å². The Morgan fingerprint density at radius 2 is 1.69 bits per heavy atom. The van der Waals surface area contributed by atoms with E-state index < -0.39 is 11.7 Å². The van der Waals surface area contributed by atoms with Gasteiger partial charge in [0.25, 0.3) is 0 Å². The molecule has 1 heterocycles. The summed E-state index contributed by atoms with van der Waals surface area (Å²) in [5.41, 5.74) is -0.232. The number of fused-ring (bicyclic) bond motifs is 5. The lowest BCUT2D eigenvalue weighted by molar-refractivity contribution is -0.161. The van der Waals surface area contributed by atoms with Crippen molar-refractivity contribution < 1.29 is 22.8 Å². The van der Waals surface area contributed by atoms with Crippen LogP contribution >= 0.6 is 0 Å². The summed E-state index contributed by atoms with van der Waals surface area (Å²) in [5, 5.41) is 2.91. The number of alkyl halides is 3. The van der Waals surface area contributed by atoms with Crippen molar-refractivity contribution in [3.63, 3.8) is 0 Å². The van der Waals surface area contributed by atoms with Gasteiger partial charge in [0.05, 0.1) is 5.56 Å². The molecular formula is C28H37F3N2O2. The molecule has 0 aromatic heterocycles. The molecule has 3 aliphatic carbocycles. The molecular weight excluding hydrogens is 453 g/mol. The summed E-state index contributed by atoms with van der Waals surface area (Å²) >= 11 is 0. The Kier molecular flexibility index (Phi) is 5.99. The number of hydrogen-bond acceptors (Lipinski definition) is 2. The zero-order valence-electron chi connectivity index (χ0n) is 21.0. The fourth-order valence-corrected chi connectivity index (χ4v) is 8.79. The first-order valence-electron chi connectivity index (χ1n) is 13.3. The topological polar surface area (TPSA) is 49.4 Å². The minimum atomic E-state index is -4.39. The number of nitrogens with one attached hydrogen (secondary N) is 1. The SMILES string of the molecule is CCN1C(=O)CC[C@]2(C)[C@H]3CC[C@]4(C)[C@@H](C(=O)Nc5ccc(C(F)(F)F)cc5)CC[C@H]4[C@@H]3CC[C@@H]12. The van der Waals surface area contributed by atoms with Gasteiger partial charge in [-0.1, -0.05) is 13.8 Å². The van der Waals surface area contributed by atoms with Crippen molar-refractivity contribution in [3.05, 3.63) is 29.8 Å². The van der Waals surface area contributed by atoms with Crippen molar-refractivity contribution in [2.75, 3.05) is 11.9 Å². The van der Waals surface area contributed by atoms with Crippen LogP contribution < -0.4 is 5.32 Å². The fourth-order valence-electron chi connectivity index (χ4n) is 8.79. The lowest BCUT2D eigenvalue weighted by Crippen LogP contribution is -2.62. The molecule has 1 saturated heterocycles. The van der Waals surface area contributed by atoms with Gasteiger partial charge in [0.15, 0.2) is 0 Å². The molecule has 4 fully saturated rings. The molecule has 1 N–H and O–H groups in total. The molecule has 4 nitrogen and oxygen atoms in total. The predicted octanol–water partition coefficient (Wildman–Crippen LogP) is 6.51. The van der Waals surface area contributed by atoms with E-state index in [0.717, 1.165) is 63.6 Å². The lowest BCUT2D eigenvalue weighted by atomic mass is 9.47. The minimum absolute atomic E-state index is 0.0615. The van der Waals surface area contributed by atoms with E-state index in [2.05, 4.69) is 31.0 Å². The highest BCUT2D eigenvalue weighted by molar-refractivity contribution is 5.93. The van der Waals surface area contributed by atoms with E-state index in [0.29, 0.717) is 41.8 Å². The first-order valence-corrected chi connectivity index (χ1v) is 13.3. The maximum atomic E-state index is 13.3. The van der Waals surface area contributed by atoms with Crippen molar-refractivity contribution in [3.8, 4) is 0 Å². The first-order chi connectivity index (χ1) is 16.5. The van der Waals surface area contributed by atoms with Crippen LogP contribution in [0.15, 0.2) is 24.3 Å². The number of likely N-dealkylation sites (tertiary alicyclic amines) is 1. The number of amides is 2. The van der Waals surface area contributed by atoms with Gasteiger partial charge in [-0.3, -0.25) is 9.59 Å². The second-order valence-corrected chi connectivity index (χ2v) is 11.9. The van der Waals surface area contributed by atoms with Gasteiger partial charge < -0.3 is 10.2 Å². The van der Waals surface area contributed by atoms with E-state index in [1.165, 1.54) is 12.1 Å². The summed E-state index contributed by atoms with van der Waals surface area (Å²) in [6.45, 7) is 7.55. The van der Waals surface area contributed by atoms with Gasteiger partial charge in [-0.2, -0.15) is 13.2 Å². The molecule has 0 bridgehead atoms. The molecule has 4 aliphatic rings. The van der Waals surface area contributed by atoms with Crippen LogP contribution in [0.2, 0.25) is 0 Å². The van der Waals surface area contributed by atoms with Gasteiger partial charge in [-0.15, -0.1) is 0 Å². The summed E-state index contributed by atoms with van der Waals surface area (Å²) in [6.07, 6.45) is 3.32. The van der Waals surface area contributed by atoms with Crippen molar-refractivity contribution in [2.24, 2.45) is 34.5 Å². The summed E-state index contributed by atoms with van der Waals surface area (Å²) in [4.78, 5) is 28.1. The number of hydrogen-bond donors (Lipinski definition) is 1. The smallest absolute Gasteiger partial charge is 0.339 e. The zero-order valence-corrected chi connectivity index (χ0v) is 21.0. The Labute approximate surface area is 206 Å². The number of halogens is 3. The molecule has 2 amide bonds. The zero-order chi connectivity index (χ0) is 25.2. The minimum Gasteiger partial charge on any atom is -0.339 e. The summed E-state index contributed by atoms with van der Waals surface area (Å²) < 4.78 is 38.7. The van der Waals surface area contributed by atoms with E-state index in [-0.39, 0.29) is 22.7 Å². The van der Waals surface area contributed by atoms with Crippen LogP contribution in [0.5, 0.6) is 0 Å². The monoisotopic (exact) mass is 490 g/mol. The average Bonchev–Trinajstić information content (AvgIpc) is 3.16. The molecule has 35 heavy (non-hydrogen) atoms. The van der Waals surface area contributed by atoms with Crippen molar-refractivity contribution >= 4 is 17.5 Å². The summed E-state index contributed by atoms with van der Waals surface area (Å²) in [6, 6.07) is 5.07. The predicted molar refractivity (Wildman–Crippen MR) is 128 cm³/mol. The van der Waals surface area contributed by atoms with Crippen molar-refractivity contribution in [1.29, 1.82) is 0 Å². The molecule has 7 atom stereocenters. The highest BCUT2D eigenvalue weighted by atomic mass is 19.4. The molecule has 7 heteroatoms. The largest absolute Gasteiger partial charge is 0.416 e. The normalized spacial score (nSPS) is 39.0. The van der Waals surface area contributed by atoms with Gasteiger partial charge in [0.1, 0.15) is 0 Å². The third-order valence-corrected chi connectivity index (χ3v) is 10.5. The molecule has 192 valence electrons. The van der Waals surface area contributed by atoms with Crippen LogP contribution in [0, 0.1) is 34.5 Å². The Morgan fingerprint density at radius 1 is 1.00 bits per heavy atom. The van der Waals surface area contributed by atoms with Crippen LogP contribution in [-0.2, 0) is 15.8 Å². The number of benzene rings is 1. The number of anilines is 1. The Morgan fingerprint density at radius 3 is 2.34 bits per heavy atom. The summed E-state index contributed by atoms with van der Waals surface area (Å²) in [5.74, 6) is 1.75. The molecule has 0 unspecified atom stereocenters. The molecule has 1 aliphatic heterocycles. The van der Waals surface area contributed by atoms with Crippen molar-refractivity contribution in [1.82, 2.24) is 4.90 Å². The van der Waals surface area contributed by atoms with Gasteiger partial charge in [0, 0.05) is 30.6 Å². The second-order valence-electron chi connectivity index (χ2n) is 11.9. The molecule has 0 radical (unpaired) electrons. The Bertz CT molecular complexity index is 993. The van der Waals surface area contributed by atoms with E-state index in [1.807, 2.05) is 0 Å². The number of piperidine rings is 1. The molecule has 1 aromatic carbocycles. The molecule has 5 rings (SSSR count). The van der Waals surface area contributed by atoms with E-state index in [4.69, 9.17) is 0 Å². The molecule has 3 saturated carbocycles. The van der Waals surface area contributed by atoms with Crippen LogP contribution in [0.4, 0.5) is 18.9 Å². The van der Waals surface area contributed by atoms with Crippen LogP contribution in [0.25, 0.3) is 0 Å². The lowest BCUT2D eigenvalue weighted by Gasteiger charge is -2.62. The Balaban J connectivity index is 1.32. The number of rotatable bonds is 3. The first kappa shape index (κ1) is 24.6. The highest BCUT2D eigenvalue weighted by Gasteiger charge is 2.62. The quantitative estimate of drug-likeness (QED) is 0.525. The maximum absolute atomic E-state index is 13.3. The van der Waals surface area contributed by atoms with E-state index in [1.54, 1.807) is 0 Å². The molecule has 0 spiro atoms. The molecule has 1 aromatic rings. The van der Waals surface area contributed by atoms with Gasteiger partial charge >= 0.3 is 6.18 Å². The fraction of sp³-hybridized carbons (Fsp3) is 0.714. The van der Waals surface area contributed by atoms with Crippen LogP contribution in [0.1, 0.15) is 77.7 Å². The van der Waals surface area contributed by atoms with Crippen LogP contribution in [0.3, 0.4) is 0 Å². The third-order valence-electron chi connectivity index (χ3n) is 10.5. The standard InChI is InChI=1S/C28H37F3N2O2/c1-4-33-23-12-9-19-20-10-11-22(25(35)32-18-7-5-17(6-8-18)28(29,30)31)26(20,2)15-13-21(19)27(23,3)16-14-24(33)34/h5-8,19-23H,4,9-16H2,1-3H3,(H,32,35)/t19-,20-,21-,22+,23+,26-,27+/m0/s1. The average molecular weight is 491 g/mol. The third kappa shape index (κ3) is 3.88. The van der Waals surface area contributed by atoms with E-state index >= 15 is 0 Å². The van der Waals surface area contributed by atoms with E-state index in [9.17, 15) is 22.8 Å². The van der Waals surface area contributed by atoms with Gasteiger partial charge in [0.2, 0.25) is 11.8 Å². The number of carbonyl (C=O) groups is 2. The van der Waals surface area contributed by atoms with Crippen LogP contribution in [-0.4, -0.2) is 29.3 Å². The van der Waals surface area contributed by atoms with Gasteiger partial charge in [-0.25, -0.2) is 0 Å².